The molecule has 6 amide bonds. The molecule has 2 saturated heterocycles. The van der Waals surface area contributed by atoms with Crippen LogP contribution >= 0.6 is 0 Å². The number of urea groups is 1. The highest BCUT2D eigenvalue weighted by Crippen LogP contribution is 2.33. The summed E-state index contributed by atoms with van der Waals surface area (Å²) in [6.07, 6.45) is 7.06. The van der Waals surface area contributed by atoms with Crippen LogP contribution < -0.4 is 21.7 Å². The first kappa shape index (κ1) is 35.0. The molecule has 0 radical (unpaired) electrons. The Morgan fingerprint density at radius 3 is 1.76 bits per heavy atom. The summed E-state index contributed by atoms with van der Waals surface area (Å²) in [6, 6.07) is -2.27. The number of hydrogen-bond donors (Lipinski definition) is 4. The zero-order valence-corrected chi connectivity index (χ0v) is 26.5. The molecule has 1 aliphatic carbocycles. The molecule has 0 spiro atoms. The van der Waals surface area contributed by atoms with Crippen molar-refractivity contribution in [3.05, 3.63) is 0 Å². The molecule has 12 nitrogen and oxygen atoms in total. The van der Waals surface area contributed by atoms with Gasteiger partial charge >= 0.3 is 6.03 Å². The van der Waals surface area contributed by atoms with Gasteiger partial charge in [-0.25, -0.2) is 4.79 Å². The molecular weight excluding hydrogens is 540 g/mol. The molecule has 4 atom stereocenters. The molecule has 1 saturated carbocycles. The lowest BCUT2D eigenvalue weighted by molar-refractivity contribution is -0.137. The summed E-state index contributed by atoms with van der Waals surface area (Å²) < 4.78 is 0. The normalized spacial score (nSPS) is 20.9. The van der Waals surface area contributed by atoms with Crippen molar-refractivity contribution in [3.63, 3.8) is 0 Å². The smallest absolute Gasteiger partial charge is 0.316 e. The number of likely N-dealkylation sites (tertiary alicyclic amines) is 2. The van der Waals surface area contributed by atoms with E-state index in [-0.39, 0.29) is 17.9 Å². The fourth-order valence-electron chi connectivity index (χ4n) is 5.34. The van der Waals surface area contributed by atoms with Crippen molar-refractivity contribution in [3.8, 4) is 0 Å². The maximum absolute atomic E-state index is 13.2. The second-order valence-electron chi connectivity index (χ2n) is 14.0. The summed E-state index contributed by atoms with van der Waals surface area (Å²) >= 11 is 0. The topological polar surface area (TPSA) is 171 Å². The molecule has 5 N–H and O–H groups in total. The minimum absolute atomic E-state index is 0.0445. The fraction of sp³-hybridized carbons (Fsp3) is 0.800. The first-order valence-electron chi connectivity index (χ1n) is 15.2. The lowest BCUT2D eigenvalue weighted by Gasteiger charge is -2.37. The Kier molecular flexibility index (Phi) is 12.4. The van der Waals surface area contributed by atoms with Crippen molar-refractivity contribution >= 4 is 35.9 Å². The molecule has 42 heavy (non-hydrogen) atoms. The van der Waals surface area contributed by atoms with Crippen LogP contribution in [-0.2, 0) is 24.0 Å². The minimum atomic E-state index is -0.986. The molecule has 0 aromatic rings. The molecule has 3 rings (SSSR count). The van der Waals surface area contributed by atoms with Gasteiger partial charge in [0.15, 0.2) is 0 Å². The molecule has 12 heteroatoms. The number of hydrogen-bond acceptors (Lipinski definition) is 6. The zero-order chi connectivity index (χ0) is 31.8. The lowest BCUT2D eigenvalue weighted by Crippen LogP contribution is -2.61. The summed E-state index contributed by atoms with van der Waals surface area (Å²) in [5.41, 5.74) is 3.95. The number of rotatable bonds is 10. The van der Waals surface area contributed by atoms with Crippen LogP contribution in [-0.4, -0.2) is 89.5 Å². The molecule has 3 aliphatic rings. The van der Waals surface area contributed by atoms with Gasteiger partial charge in [-0.3, -0.25) is 24.0 Å². The van der Waals surface area contributed by atoms with E-state index in [2.05, 4.69) is 22.9 Å². The van der Waals surface area contributed by atoms with Crippen LogP contribution in [0.3, 0.4) is 0 Å². The van der Waals surface area contributed by atoms with Crippen LogP contribution in [0.1, 0.15) is 93.4 Å². The number of carbonyl (C=O) groups is 6. The van der Waals surface area contributed by atoms with Gasteiger partial charge in [-0.05, 0) is 55.8 Å². The Morgan fingerprint density at radius 2 is 1.36 bits per heavy atom. The zero-order valence-electron chi connectivity index (χ0n) is 26.5. The van der Waals surface area contributed by atoms with E-state index < -0.39 is 46.7 Å². The van der Waals surface area contributed by atoms with Crippen LogP contribution in [0.4, 0.5) is 4.79 Å². The molecule has 2 aliphatic heterocycles. The van der Waals surface area contributed by atoms with Crippen molar-refractivity contribution in [2.45, 2.75) is 118 Å². The predicted molar refractivity (Wildman–Crippen MR) is 159 cm³/mol. The highest BCUT2D eigenvalue weighted by atomic mass is 16.2. The summed E-state index contributed by atoms with van der Waals surface area (Å²) in [6.45, 7) is 16.0. The van der Waals surface area contributed by atoms with Gasteiger partial charge in [-0.15, -0.1) is 0 Å². The van der Waals surface area contributed by atoms with E-state index >= 15 is 0 Å². The summed E-state index contributed by atoms with van der Waals surface area (Å²) in [4.78, 5) is 74.5. The van der Waals surface area contributed by atoms with Gasteiger partial charge in [0, 0.05) is 25.7 Å². The number of Topliss-reactive ketones (excluding diaryl/α,β-unsaturated/α-hetero) is 1. The van der Waals surface area contributed by atoms with Crippen molar-refractivity contribution in [1.82, 2.24) is 25.8 Å². The summed E-state index contributed by atoms with van der Waals surface area (Å²) in [7, 11) is 0. The monoisotopic (exact) mass is 592 g/mol. The Morgan fingerprint density at radius 1 is 0.833 bits per heavy atom. The lowest BCUT2D eigenvalue weighted by atomic mass is 9.85. The third-order valence-electron chi connectivity index (χ3n) is 8.13. The largest absolute Gasteiger partial charge is 0.363 e. The standard InChI is InChI=1S/C22H40N4O3.C8H12N2O3/c1-15-11-10-14-26(15)19(28)17(22(5,6)7)24-20(29)23-16(21(2,3)4)18(27)25-12-8-9-13-25;9-8(13)7(12)6(10-4-11)3-5-1-2-5/h15-17H,8-14H2,1-7H3,(H2,23,24,29);4-6H,1-3H2,(H2,9,13)(H,10,11). The predicted octanol–water partition coefficient (Wildman–Crippen LogP) is 1.70. The second kappa shape index (κ2) is 14.8. The maximum Gasteiger partial charge on any atom is 0.316 e. The van der Waals surface area contributed by atoms with E-state index in [4.69, 9.17) is 5.73 Å². The van der Waals surface area contributed by atoms with Gasteiger partial charge in [0.05, 0.1) is 6.04 Å². The molecule has 2 heterocycles. The van der Waals surface area contributed by atoms with E-state index in [1.165, 1.54) is 0 Å². The number of nitrogens with two attached hydrogens (primary N) is 1. The average Bonchev–Trinajstić information content (AvgIpc) is 3.33. The number of nitrogens with one attached hydrogen (secondary N) is 3. The quantitative estimate of drug-likeness (QED) is 0.222. The van der Waals surface area contributed by atoms with Gasteiger partial charge < -0.3 is 31.5 Å². The highest BCUT2D eigenvalue weighted by Gasteiger charge is 2.41. The Balaban J connectivity index is 0.000000395. The summed E-state index contributed by atoms with van der Waals surface area (Å²) in [5.74, 6) is -1.33. The Bertz CT molecular complexity index is 993. The van der Waals surface area contributed by atoms with E-state index in [9.17, 15) is 28.8 Å². The van der Waals surface area contributed by atoms with Gasteiger partial charge in [0.1, 0.15) is 12.1 Å². The van der Waals surface area contributed by atoms with E-state index in [0.717, 1.165) is 58.2 Å². The van der Waals surface area contributed by atoms with Gasteiger partial charge in [0.25, 0.3) is 5.91 Å². The molecule has 0 aromatic heterocycles. The number of nitrogens with zero attached hydrogens (tertiary/aromatic N) is 2. The van der Waals surface area contributed by atoms with Gasteiger partial charge in [-0.1, -0.05) is 54.4 Å². The molecule has 3 fully saturated rings. The third kappa shape index (κ3) is 10.3. The van der Waals surface area contributed by atoms with Gasteiger partial charge in [-0.2, -0.15) is 0 Å². The van der Waals surface area contributed by atoms with E-state index in [1.54, 1.807) is 0 Å². The first-order valence-corrected chi connectivity index (χ1v) is 15.2. The second-order valence-corrected chi connectivity index (χ2v) is 14.0. The number of ketones is 1. The van der Waals surface area contributed by atoms with Crippen LogP contribution in [0.25, 0.3) is 0 Å². The minimum Gasteiger partial charge on any atom is -0.363 e. The summed E-state index contributed by atoms with van der Waals surface area (Å²) in [5, 5.41) is 8.08. The molecule has 0 bridgehead atoms. The van der Waals surface area contributed by atoms with E-state index in [0.29, 0.717) is 18.7 Å². The number of carbonyl (C=O) groups excluding carboxylic acids is 6. The van der Waals surface area contributed by atoms with Crippen molar-refractivity contribution in [1.29, 1.82) is 0 Å². The first-order chi connectivity index (χ1) is 19.5. The van der Waals surface area contributed by atoms with Crippen molar-refractivity contribution in [2.75, 3.05) is 19.6 Å². The fourth-order valence-corrected chi connectivity index (χ4v) is 5.34. The number of amides is 6. The van der Waals surface area contributed by atoms with Crippen LogP contribution in [0.5, 0.6) is 0 Å². The van der Waals surface area contributed by atoms with Crippen LogP contribution in [0, 0.1) is 16.7 Å². The van der Waals surface area contributed by atoms with Crippen LogP contribution in [0.2, 0.25) is 0 Å². The third-order valence-corrected chi connectivity index (χ3v) is 8.13. The number of primary amides is 1. The van der Waals surface area contributed by atoms with Crippen LogP contribution in [0.15, 0.2) is 0 Å². The van der Waals surface area contributed by atoms with E-state index in [1.807, 2.05) is 51.3 Å². The molecule has 238 valence electrons. The average molecular weight is 593 g/mol. The molecule has 4 unspecified atom stereocenters. The van der Waals surface area contributed by atoms with Crippen molar-refractivity contribution in [2.24, 2.45) is 22.5 Å². The molecule has 0 aromatic carbocycles. The SMILES string of the molecule is CC1CCCN1C(=O)C(NC(=O)NC(C(=O)N1CCCC1)C(C)(C)C)C(C)(C)C.NC(=O)C(=O)C(CC1CC1)NC=O. The Labute approximate surface area is 250 Å². The maximum atomic E-state index is 13.2. The Hall–Kier alpha value is -3.18. The van der Waals surface area contributed by atoms with Crippen molar-refractivity contribution < 1.29 is 28.8 Å². The molecular formula is C30H52N6O6. The highest BCUT2D eigenvalue weighted by molar-refractivity contribution is 6.37. The van der Waals surface area contributed by atoms with Gasteiger partial charge in [0.2, 0.25) is 24.0 Å².